The molecule has 1 amide bonds. The van der Waals surface area contributed by atoms with E-state index in [2.05, 4.69) is 30.8 Å². The quantitative estimate of drug-likeness (QED) is 0.414. The summed E-state index contributed by atoms with van der Waals surface area (Å²) >= 11 is 0. The zero-order chi connectivity index (χ0) is 27.2. The number of carbonyl (C=O) groups excluding carboxylic acids is 1. The number of carbonyl (C=O) groups is 1. The van der Waals surface area contributed by atoms with Gasteiger partial charge in [-0.2, -0.15) is 0 Å². The fourth-order valence-electron chi connectivity index (χ4n) is 5.28. The molecule has 8 nitrogen and oxygen atoms in total. The Morgan fingerprint density at radius 1 is 1.14 bits per heavy atom. The van der Waals surface area contributed by atoms with E-state index in [4.69, 9.17) is 4.98 Å². The van der Waals surface area contributed by atoms with Crippen molar-refractivity contribution in [1.82, 2.24) is 14.3 Å². The molecule has 200 valence electrons. The van der Waals surface area contributed by atoms with Crippen LogP contribution in [0.25, 0.3) is 11.0 Å². The van der Waals surface area contributed by atoms with Gasteiger partial charge in [0.1, 0.15) is 5.75 Å². The van der Waals surface area contributed by atoms with Crippen LogP contribution in [0.4, 0.5) is 24.8 Å². The molecule has 1 aliphatic rings. The Hall–Kier alpha value is -3.28. The number of sulfonamides is 1. The topological polar surface area (TPSA) is 102 Å². The first-order valence-corrected chi connectivity index (χ1v) is 13.6. The van der Waals surface area contributed by atoms with E-state index in [-0.39, 0.29) is 22.8 Å². The summed E-state index contributed by atoms with van der Waals surface area (Å²) in [4.78, 5) is 17.3. The minimum absolute atomic E-state index is 0.0207. The number of imidazole rings is 1. The van der Waals surface area contributed by atoms with Gasteiger partial charge in [0, 0.05) is 17.3 Å². The number of hydrogen-bond donors (Lipinski definition) is 2. The zero-order valence-corrected chi connectivity index (χ0v) is 21.7. The Balaban J connectivity index is 1.76. The molecular formula is C25H29F3N4O4S. The Kier molecular flexibility index (Phi) is 6.91. The molecule has 12 heteroatoms. The number of nitrogens with zero attached hydrogens (tertiary/aromatic N) is 2. The number of rotatable bonds is 6. The van der Waals surface area contributed by atoms with E-state index in [0.29, 0.717) is 28.6 Å². The summed E-state index contributed by atoms with van der Waals surface area (Å²) in [5.74, 6) is -0.190. The van der Waals surface area contributed by atoms with Gasteiger partial charge in [0.05, 0.1) is 17.3 Å². The van der Waals surface area contributed by atoms with Crippen LogP contribution in [-0.2, 0) is 10.0 Å². The maximum absolute atomic E-state index is 12.5. The Morgan fingerprint density at radius 3 is 2.41 bits per heavy atom. The number of benzene rings is 2. The van der Waals surface area contributed by atoms with Crippen LogP contribution < -0.4 is 14.8 Å². The molecule has 3 aromatic rings. The van der Waals surface area contributed by atoms with Gasteiger partial charge < -0.3 is 14.6 Å². The summed E-state index contributed by atoms with van der Waals surface area (Å²) in [5.41, 5.74) is 1.96. The molecular weight excluding hydrogens is 509 g/mol. The molecule has 2 N–H and O–H groups in total. The number of ether oxygens (including phenoxy) is 1. The third-order valence-electron chi connectivity index (χ3n) is 6.30. The highest BCUT2D eigenvalue weighted by molar-refractivity contribution is 7.89. The number of alkyl halides is 3. The molecule has 1 aromatic heterocycles. The van der Waals surface area contributed by atoms with Gasteiger partial charge in [-0.25, -0.2) is 18.1 Å². The molecule has 0 aliphatic heterocycles. The fourth-order valence-corrected chi connectivity index (χ4v) is 5.74. The lowest BCUT2D eigenvalue weighted by Gasteiger charge is -2.40. The molecule has 2 aromatic carbocycles. The third-order valence-corrected chi connectivity index (χ3v) is 6.86. The van der Waals surface area contributed by atoms with E-state index in [1.54, 1.807) is 12.1 Å². The van der Waals surface area contributed by atoms with Crippen molar-refractivity contribution in [1.29, 1.82) is 0 Å². The van der Waals surface area contributed by atoms with Crippen LogP contribution in [0, 0.1) is 11.3 Å². The Labute approximate surface area is 213 Å². The summed E-state index contributed by atoms with van der Waals surface area (Å²) in [6, 6.07) is 10.1. The summed E-state index contributed by atoms with van der Waals surface area (Å²) in [6.45, 7) is 6.59. The molecule has 0 bridgehead atoms. The second-order valence-corrected chi connectivity index (χ2v) is 12.2. The van der Waals surface area contributed by atoms with Crippen LogP contribution in [0.1, 0.15) is 56.4 Å². The predicted octanol–water partition coefficient (Wildman–Crippen LogP) is 5.76. The van der Waals surface area contributed by atoms with E-state index >= 15 is 0 Å². The molecule has 37 heavy (non-hydrogen) atoms. The number of nitrogens with one attached hydrogen (secondary N) is 2. The van der Waals surface area contributed by atoms with E-state index in [9.17, 15) is 26.4 Å². The molecule has 2 atom stereocenters. The Morgan fingerprint density at radius 2 is 1.81 bits per heavy atom. The first-order chi connectivity index (χ1) is 17.1. The number of anilines is 2. The van der Waals surface area contributed by atoms with Crippen LogP contribution >= 0.6 is 0 Å². The van der Waals surface area contributed by atoms with E-state index < -0.39 is 22.3 Å². The van der Waals surface area contributed by atoms with Gasteiger partial charge in [0.25, 0.3) is 5.91 Å². The van der Waals surface area contributed by atoms with Gasteiger partial charge >= 0.3 is 6.36 Å². The average Bonchev–Trinajstić information content (AvgIpc) is 3.08. The van der Waals surface area contributed by atoms with E-state index in [1.807, 2.05) is 9.29 Å². The minimum Gasteiger partial charge on any atom is -0.406 e. The van der Waals surface area contributed by atoms with Gasteiger partial charge in [0.2, 0.25) is 16.0 Å². The maximum atomic E-state index is 12.5. The smallest absolute Gasteiger partial charge is 0.406 e. The lowest BCUT2D eigenvalue weighted by molar-refractivity contribution is -0.274. The van der Waals surface area contributed by atoms with Crippen LogP contribution in [0.3, 0.4) is 0 Å². The van der Waals surface area contributed by atoms with E-state index in [0.717, 1.165) is 25.5 Å². The van der Waals surface area contributed by atoms with Gasteiger partial charge in [-0.3, -0.25) is 4.79 Å². The van der Waals surface area contributed by atoms with E-state index in [1.165, 1.54) is 30.3 Å². The lowest BCUT2D eigenvalue weighted by atomic mass is 9.70. The lowest BCUT2D eigenvalue weighted by Crippen LogP contribution is -2.30. The normalized spacial score (nSPS) is 20.0. The summed E-state index contributed by atoms with van der Waals surface area (Å²) in [6.07, 6.45) is -1.11. The number of aromatic nitrogens is 2. The maximum Gasteiger partial charge on any atom is 0.573 e. The standard InChI is InChI=1S/C25H29F3N4O4S/c1-15-11-18(14-24(2,3)13-15)32-21-12-16(22(33)31-37(4,34)35)5-10-20(21)30-23(32)29-17-6-8-19(9-7-17)36-25(26,27)28/h5-10,12,15,18H,11,13-14H2,1-4H3,(H,29,30)(H,31,33)/t15?,18-/m1/s1. The van der Waals surface area contributed by atoms with Crippen LogP contribution in [0.2, 0.25) is 0 Å². The SMILES string of the molecule is CC1C[C@@H](n2c(Nc3ccc(OC(F)(F)F)cc3)nc3ccc(C(=O)NS(C)(=O)=O)cc32)CC(C)(C)C1. The molecule has 0 saturated heterocycles. The second-order valence-electron chi connectivity index (χ2n) is 10.5. The highest BCUT2D eigenvalue weighted by Crippen LogP contribution is 2.46. The number of fused-ring (bicyclic) bond motifs is 1. The van der Waals surface area contributed by atoms with Crippen LogP contribution in [0.15, 0.2) is 42.5 Å². The van der Waals surface area contributed by atoms with Crippen molar-refractivity contribution in [2.24, 2.45) is 11.3 Å². The summed E-state index contributed by atoms with van der Waals surface area (Å²) in [7, 11) is -3.74. The van der Waals surface area contributed by atoms with Crippen molar-refractivity contribution < 1.29 is 31.1 Å². The molecule has 1 heterocycles. The van der Waals surface area contributed by atoms with Crippen molar-refractivity contribution in [2.75, 3.05) is 11.6 Å². The fraction of sp³-hybridized carbons (Fsp3) is 0.440. The van der Waals surface area contributed by atoms with Crippen molar-refractivity contribution in [3.05, 3.63) is 48.0 Å². The van der Waals surface area contributed by atoms with Gasteiger partial charge in [0.15, 0.2) is 0 Å². The number of halogens is 3. The largest absolute Gasteiger partial charge is 0.573 e. The van der Waals surface area contributed by atoms with Crippen molar-refractivity contribution in [3.8, 4) is 5.75 Å². The molecule has 1 fully saturated rings. The molecule has 4 rings (SSSR count). The second kappa shape index (κ2) is 9.55. The van der Waals surface area contributed by atoms with Crippen molar-refractivity contribution in [2.45, 2.75) is 52.4 Å². The van der Waals surface area contributed by atoms with Gasteiger partial charge in [-0.05, 0) is 73.1 Å². The monoisotopic (exact) mass is 538 g/mol. The zero-order valence-electron chi connectivity index (χ0n) is 20.9. The molecule has 1 unspecified atom stereocenters. The van der Waals surface area contributed by atoms with Crippen LogP contribution in [0.5, 0.6) is 5.75 Å². The average molecular weight is 539 g/mol. The number of hydrogen-bond acceptors (Lipinski definition) is 6. The minimum atomic E-state index is -4.78. The summed E-state index contributed by atoms with van der Waals surface area (Å²) < 4.78 is 68.7. The molecule has 1 aliphatic carbocycles. The molecule has 0 radical (unpaired) electrons. The first kappa shape index (κ1) is 26.8. The van der Waals surface area contributed by atoms with Crippen LogP contribution in [-0.4, -0.2) is 36.5 Å². The predicted molar refractivity (Wildman–Crippen MR) is 134 cm³/mol. The highest BCUT2D eigenvalue weighted by Gasteiger charge is 2.35. The number of amides is 1. The molecule has 1 saturated carbocycles. The highest BCUT2D eigenvalue weighted by atomic mass is 32.2. The summed E-state index contributed by atoms with van der Waals surface area (Å²) in [5, 5.41) is 3.20. The first-order valence-electron chi connectivity index (χ1n) is 11.8. The Bertz CT molecular complexity index is 1420. The third kappa shape index (κ3) is 6.73. The van der Waals surface area contributed by atoms with Gasteiger partial charge in [-0.1, -0.05) is 20.8 Å². The van der Waals surface area contributed by atoms with Crippen molar-refractivity contribution in [3.63, 3.8) is 0 Å². The molecule has 0 spiro atoms. The van der Waals surface area contributed by atoms with Crippen molar-refractivity contribution >= 4 is 38.6 Å². The van der Waals surface area contributed by atoms with Gasteiger partial charge in [-0.15, -0.1) is 13.2 Å².